The summed E-state index contributed by atoms with van der Waals surface area (Å²) in [7, 11) is 0. The Morgan fingerprint density at radius 1 is 1.32 bits per heavy atom. The molecule has 1 heterocycles. The average molecular weight is 299 g/mol. The summed E-state index contributed by atoms with van der Waals surface area (Å²) < 4.78 is 4.97. The van der Waals surface area contributed by atoms with Crippen molar-refractivity contribution in [2.45, 2.75) is 0 Å². The van der Waals surface area contributed by atoms with Gasteiger partial charge < -0.3 is 4.42 Å². The predicted octanol–water partition coefficient (Wildman–Crippen LogP) is 4.17. The fraction of sp³-hybridized carbons (Fsp3) is 0. The summed E-state index contributed by atoms with van der Waals surface area (Å²) in [5, 5.41) is 6.63. The zero-order valence-corrected chi connectivity index (χ0v) is 11.0. The molecule has 19 heavy (non-hydrogen) atoms. The highest BCUT2D eigenvalue weighted by Crippen LogP contribution is 2.24. The maximum atomic E-state index is 11.4. The minimum absolute atomic E-state index is 0.332. The average Bonchev–Trinajstić information content (AvgIpc) is 2.87. The number of amides is 1. The molecule has 0 aliphatic carbocycles. The van der Waals surface area contributed by atoms with Crippen LogP contribution in [0.4, 0.5) is 10.5 Å². The highest BCUT2D eigenvalue weighted by Gasteiger charge is 2.05. The van der Waals surface area contributed by atoms with E-state index in [0.29, 0.717) is 21.5 Å². The lowest BCUT2D eigenvalue weighted by atomic mass is 10.3. The van der Waals surface area contributed by atoms with Gasteiger partial charge in [-0.15, -0.1) is 0 Å². The molecule has 0 spiro atoms. The normalized spacial score (nSPS) is 10.6. The summed E-state index contributed by atoms with van der Waals surface area (Å²) >= 11 is 11.6. The van der Waals surface area contributed by atoms with Crippen LogP contribution in [0.25, 0.3) is 0 Å². The van der Waals surface area contributed by atoms with Crippen LogP contribution in [-0.4, -0.2) is 12.3 Å². The summed E-state index contributed by atoms with van der Waals surface area (Å²) in [4.78, 5) is 16.0. The van der Waals surface area contributed by atoms with Gasteiger partial charge in [-0.3, -0.25) is 10.2 Å². The molecule has 0 atom stereocenters. The van der Waals surface area contributed by atoms with Gasteiger partial charge in [0.25, 0.3) is 0 Å². The molecule has 0 unspecified atom stereocenters. The van der Waals surface area contributed by atoms with Gasteiger partial charge in [0.15, 0.2) is 0 Å². The van der Waals surface area contributed by atoms with Crippen LogP contribution in [0.15, 0.2) is 46.2 Å². The molecule has 0 saturated heterocycles. The molecule has 98 valence electrons. The number of rotatable bonds is 3. The third-order valence-corrected chi connectivity index (χ3v) is 2.76. The number of nitrogens with one attached hydrogen (secondary N) is 1. The Morgan fingerprint density at radius 3 is 2.84 bits per heavy atom. The van der Waals surface area contributed by atoms with E-state index in [9.17, 15) is 4.79 Å². The Balaban J connectivity index is 1.89. The minimum Gasteiger partial charge on any atom is -0.463 e. The maximum absolute atomic E-state index is 11.4. The van der Waals surface area contributed by atoms with E-state index in [4.69, 9.17) is 27.6 Å². The number of nitrogens with zero attached hydrogens (tertiary/aromatic N) is 1. The summed E-state index contributed by atoms with van der Waals surface area (Å²) in [6, 6.07) is 8.01. The van der Waals surface area contributed by atoms with Gasteiger partial charge >= 0.3 is 6.09 Å². The van der Waals surface area contributed by atoms with Crippen molar-refractivity contribution < 1.29 is 14.0 Å². The molecule has 0 fully saturated rings. The van der Waals surface area contributed by atoms with E-state index in [1.54, 1.807) is 24.3 Å². The molecule has 5 nitrogen and oxygen atoms in total. The van der Waals surface area contributed by atoms with Crippen molar-refractivity contribution in [1.29, 1.82) is 0 Å². The standard InChI is InChI=1S/C12H8Cl2N2O3/c13-10-4-3-8(6-11(10)14)16-12(17)19-15-7-9-2-1-5-18-9/h1-7H,(H,16,17). The van der Waals surface area contributed by atoms with Crippen molar-refractivity contribution in [3.8, 4) is 0 Å². The third-order valence-electron chi connectivity index (χ3n) is 2.02. The van der Waals surface area contributed by atoms with Crippen LogP contribution in [0.5, 0.6) is 0 Å². The van der Waals surface area contributed by atoms with Crippen molar-refractivity contribution in [3.63, 3.8) is 0 Å². The molecule has 0 bridgehead atoms. The molecule has 2 rings (SSSR count). The Morgan fingerprint density at radius 2 is 2.16 bits per heavy atom. The third kappa shape index (κ3) is 4.01. The van der Waals surface area contributed by atoms with Gasteiger partial charge in [-0.05, 0) is 30.3 Å². The summed E-state index contributed by atoms with van der Waals surface area (Å²) in [6.45, 7) is 0. The molecule has 7 heteroatoms. The highest BCUT2D eigenvalue weighted by molar-refractivity contribution is 6.42. The van der Waals surface area contributed by atoms with Crippen LogP contribution in [0.2, 0.25) is 10.0 Å². The second-order valence-electron chi connectivity index (χ2n) is 3.38. The van der Waals surface area contributed by atoms with Crippen LogP contribution < -0.4 is 5.32 Å². The van der Waals surface area contributed by atoms with Crippen molar-refractivity contribution >= 4 is 41.2 Å². The Labute approximate surface area is 118 Å². The Hall–Kier alpha value is -1.98. The van der Waals surface area contributed by atoms with Gasteiger partial charge in [0, 0.05) is 5.69 Å². The molecular formula is C12H8Cl2N2O3. The lowest BCUT2D eigenvalue weighted by molar-refractivity contribution is 0.167. The van der Waals surface area contributed by atoms with Gasteiger partial charge in [-0.2, -0.15) is 0 Å². The van der Waals surface area contributed by atoms with Crippen molar-refractivity contribution in [2.24, 2.45) is 5.16 Å². The van der Waals surface area contributed by atoms with Crippen LogP contribution in [0.3, 0.4) is 0 Å². The number of halogens is 2. The molecule has 0 saturated carbocycles. The quantitative estimate of drug-likeness (QED) is 0.525. The first-order valence-corrected chi connectivity index (χ1v) is 5.90. The topological polar surface area (TPSA) is 63.8 Å². The molecule has 0 aliphatic rings. The highest BCUT2D eigenvalue weighted by atomic mass is 35.5. The predicted molar refractivity (Wildman–Crippen MR) is 72.9 cm³/mol. The molecule has 1 aromatic heterocycles. The minimum atomic E-state index is -0.749. The van der Waals surface area contributed by atoms with Crippen molar-refractivity contribution in [3.05, 3.63) is 52.4 Å². The molecule has 0 radical (unpaired) electrons. The van der Waals surface area contributed by atoms with E-state index in [-0.39, 0.29) is 0 Å². The number of benzene rings is 1. The number of carbonyl (C=O) groups is 1. The van der Waals surface area contributed by atoms with E-state index in [0.717, 1.165) is 0 Å². The van der Waals surface area contributed by atoms with Gasteiger partial charge in [0.2, 0.25) is 0 Å². The van der Waals surface area contributed by atoms with E-state index < -0.39 is 6.09 Å². The van der Waals surface area contributed by atoms with Crippen molar-refractivity contribution in [2.75, 3.05) is 5.32 Å². The van der Waals surface area contributed by atoms with E-state index in [1.165, 1.54) is 18.5 Å². The number of anilines is 1. The lowest BCUT2D eigenvalue weighted by Crippen LogP contribution is -2.10. The molecule has 0 aliphatic heterocycles. The van der Waals surface area contributed by atoms with Gasteiger partial charge in [0.05, 0.1) is 16.3 Å². The molecule has 2 aromatic rings. The Bertz CT molecular complexity index is 597. The Kier molecular flexibility index (Phi) is 4.43. The lowest BCUT2D eigenvalue weighted by Gasteiger charge is -2.03. The maximum Gasteiger partial charge on any atom is 0.437 e. The van der Waals surface area contributed by atoms with Crippen LogP contribution >= 0.6 is 23.2 Å². The smallest absolute Gasteiger partial charge is 0.437 e. The van der Waals surface area contributed by atoms with Gasteiger partial charge in [0.1, 0.15) is 12.0 Å². The summed E-state index contributed by atoms with van der Waals surface area (Å²) in [6.07, 6.45) is 2.01. The molecule has 1 aromatic carbocycles. The second-order valence-corrected chi connectivity index (χ2v) is 4.20. The van der Waals surface area contributed by atoms with E-state index in [2.05, 4.69) is 15.3 Å². The first kappa shape index (κ1) is 13.5. The molecular weight excluding hydrogens is 291 g/mol. The first-order chi connectivity index (χ1) is 9.15. The monoisotopic (exact) mass is 298 g/mol. The van der Waals surface area contributed by atoms with Gasteiger partial charge in [-0.1, -0.05) is 28.4 Å². The molecule has 1 N–H and O–H groups in total. The van der Waals surface area contributed by atoms with Crippen molar-refractivity contribution in [1.82, 2.24) is 0 Å². The fourth-order valence-corrected chi connectivity index (χ4v) is 1.50. The van der Waals surface area contributed by atoms with Crippen LogP contribution in [0, 0.1) is 0 Å². The number of carbonyl (C=O) groups excluding carboxylic acids is 1. The number of hydrogen-bond donors (Lipinski definition) is 1. The van der Waals surface area contributed by atoms with E-state index in [1.807, 2.05) is 0 Å². The second kappa shape index (κ2) is 6.26. The van der Waals surface area contributed by atoms with Gasteiger partial charge in [-0.25, -0.2) is 4.79 Å². The largest absolute Gasteiger partial charge is 0.463 e. The zero-order valence-electron chi connectivity index (χ0n) is 9.47. The number of hydrogen-bond acceptors (Lipinski definition) is 4. The first-order valence-electron chi connectivity index (χ1n) is 5.15. The number of oxime groups is 1. The van der Waals surface area contributed by atoms with Crippen LogP contribution in [0.1, 0.15) is 5.76 Å². The fourth-order valence-electron chi connectivity index (χ4n) is 1.21. The molecule has 1 amide bonds. The van der Waals surface area contributed by atoms with Crippen LogP contribution in [-0.2, 0) is 4.84 Å². The summed E-state index contributed by atoms with van der Waals surface area (Å²) in [5.74, 6) is 0.474. The number of furan rings is 1. The zero-order chi connectivity index (χ0) is 13.7. The van der Waals surface area contributed by atoms with E-state index >= 15 is 0 Å². The SMILES string of the molecule is O=C(Nc1ccc(Cl)c(Cl)c1)ON=Cc1ccco1. The summed E-state index contributed by atoms with van der Waals surface area (Å²) in [5.41, 5.74) is 0.451.